The first-order valence-corrected chi connectivity index (χ1v) is 7.56. The van der Waals surface area contributed by atoms with E-state index < -0.39 is 0 Å². The number of para-hydroxylation sites is 1. The molecule has 0 atom stereocenters. The number of nitrogens with two attached hydrogens (primary N) is 1. The molecule has 0 bridgehead atoms. The summed E-state index contributed by atoms with van der Waals surface area (Å²) in [4.78, 5) is 13.3. The fourth-order valence-electron chi connectivity index (χ4n) is 1.78. The third-order valence-electron chi connectivity index (χ3n) is 2.69. The van der Waals surface area contributed by atoms with Gasteiger partial charge in [0.1, 0.15) is 0 Å². The third kappa shape index (κ3) is 3.46. The first kappa shape index (κ1) is 14.8. The predicted octanol–water partition coefficient (Wildman–Crippen LogP) is 4.29. The number of rotatable bonds is 4. The maximum absolute atomic E-state index is 12.3. The van der Waals surface area contributed by atoms with Crippen molar-refractivity contribution in [2.24, 2.45) is 0 Å². The molecule has 5 heteroatoms. The molecular weight excluding hydrogens is 292 g/mol. The minimum absolute atomic E-state index is 0.233. The summed E-state index contributed by atoms with van der Waals surface area (Å²) in [6.45, 7) is 2.07. The number of benzene rings is 2. The SMILES string of the molecule is CCSc1ccccc1NC(=O)c1ccc(Cl)cc1N. The molecule has 0 aromatic heterocycles. The van der Waals surface area contributed by atoms with E-state index >= 15 is 0 Å². The molecule has 3 nitrogen and oxygen atoms in total. The summed E-state index contributed by atoms with van der Waals surface area (Å²) >= 11 is 7.51. The summed E-state index contributed by atoms with van der Waals surface area (Å²) in [6.07, 6.45) is 0. The van der Waals surface area contributed by atoms with Crippen LogP contribution in [-0.2, 0) is 0 Å². The van der Waals surface area contributed by atoms with Gasteiger partial charge in [0.2, 0.25) is 0 Å². The maximum atomic E-state index is 12.3. The fraction of sp³-hybridized carbons (Fsp3) is 0.133. The molecule has 0 aliphatic carbocycles. The number of carbonyl (C=O) groups is 1. The van der Waals surface area contributed by atoms with E-state index in [-0.39, 0.29) is 5.91 Å². The lowest BCUT2D eigenvalue weighted by molar-refractivity contribution is 0.102. The van der Waals surface area contributed by atoms with Gasteiger partial charge in [0.15, 0.2) is 0 Å². The van der Waals surface area contributed by atoms with E-state index in [1.54, 1.807) is 30.0 Å². The van der Waals surface area contributed by atoms with Gasteiger partial charge in [0, 0.05) is 15.6 Å². The van der Waals surface area contributed by atoms with Gasteiger partial charge in [-0.05, 0) is 36.1 Å². The van der Waals surface area contributed by atoms with Crippen LogP contribution in [0.25, 0.3) is 0 Å². The molecule has 0 saturated carbocycles. The molecule has 2 rings (SSSR count). The molecule has 3 N–H and O–H groups in total. The van der Waals surface area contributed by atoms with E-state index in [0.717, 1.165) is 16.3 Å². The van der Waals surface area contributed by atoms with Crippen molar-refractivity contribution in [1.82, 2.24) is 0 Å². The van der Waals surface area contributed by atoms with Crippen LogP contribution in [-0.4, -0.2) is 11.7 Å². The quantitative estimate of drug-likeness (QED) is 0.654. The van der Waals surface area contributed by atoms with Crippen LogP contribution in [0.4, 0.5) is 11.4 Å². The lowest BCUT2D eigenvalue weighted by Crippen LogP contribution is -2.14. The molecular formula is C15H15ClN2OS. The van der Waals surface area contributed by atoms with Crippen molar-refractivity contribution in [2.45, 2.75) is 11.8 Å². The van der Waals surface area contributed by atoms with Crippen LogP contribution in [0.15, 0.2) is 47.4 Å². The Hall–Kier alpha value is -1.65. The number of thioether (sulfide) groups is 1. The Balaban J connectivity index is 2.23. The van der Waals surface area contributed by atoms with Gasteiger partial charge < -0.3 is 11.1 Å². The van der Waals surface area contributed by atoms with Crippen LogP contribution in [0.5, 0.6) is 0 Å². The van der Waals surface area contributed by atoms with Gasteiger partial charge >= 0.3 is 0 Å². The van der Waals surface area contributed by atoms with E-state index in [9.17, 15) is 4.79 Å². The van der Waals surface area contributed by atoms with Crippen LogP contribution < -0.4 is 11.1 Å². The van der Waals surface area contributed by atoms with E-state index in [4.69, 9.17) is 17.3 Å². The van der Waals surface area contributed by atoms with Crippen LogP contribution in [0.1, 0.15) is 17.3 Å². The lowest BCUT2D eigenvalue weighted by atomic mass is 10.1. The highest BCUT2D eigenvalue weighted by Gasteiger charge is 2.12. The summed E-state index contributed by atoms with van der Waals surface area (Å²) in [5.41, 5.74) is 7.41. The smallest absolute Gasteiger partial charge is 0.257 e. The van der Waals surface area contributed by atoms with Crippen molar-refractivity contribution in [2.75, 3.05) is 16.8 Å². The highest BCUT2D eigenvalue weighted by molar-refractivity contribution is 7.99. The lowest BCUT2D eigenvalue weighted by Gasteiger charge is -2.11. The number of anilines is 2. The topological polar surface area (TPSA) is 55.1 Å². The summed E-state index contributed by atoms with van der Waals surface area (Å²) in [6, 6.07) is 12.5. The Bertz CT molecular complexity index is 631. The number of hydrogen-bond acceptors (Lipinski definition) is 3. The maximum Gasteiger partial charge on any atom is 0.257 e. The monoisotopic (exact) mass is 306 g/mol. The van der Waals surface area contributed by atoms with Crippen molar-refractivity contribution in [3.8, 4) is 0 Å². The Kier molecular flexibility index (Phi) is 4.93. The molecule has 0 unspecified atom stereocenters. The van der Waals surface area contributed by atoms with E-state index in [0.29, 0.717) is 16.3 Å². The highest BCUT2D eigenvalue weighted by Crippen LogP contribution is 2.27. The van der Waals surface area contributed by atoms with Gasteiger partial charge in [-0.1, -0.05) is 30.7 Å². The van der Waals surface area contributed by atoms with Crippen LogP contribution in [0.3, 0.4) is 0 Å². The van der Waals surface area contributed by atoms with Gasteiger partial charge in [-0.25, -0.2) is 0 Å². The number of nitrogen functional groups attached to an aromatic ring is 1. The fourth-order valence-corrected chi connectivity index (χ4v) is 2.72. The largest absolute Gasteiger partial charge is 0.398 e. The van der Waals surface area contributed by atoms with Gasteiger partial charge in [-0.15, -0.1) is 11.8 Å². The second kappa shape index (κ2) is 6.68. The van der Waals surface area contributed by atoms with Crippen LogP contribution in [0, 0.1) is 0 Å². The third-order valence-corrected chi connectivity index (χ3v) is 3.88. The van der Waals surface area contributed by atoms with E-state index in [2.05, 4.69) is 12.2 Å². The molecule has 0 aliphatic heterocycles. The first-order chi connectivity index (χ1) is 9.61. The number of hydrogen-bond donors (Lipinski definition) is 2. The molecule has 0 spiro atoms. The number of carbonyl (C=O) groups excluding carboxylic acids is 1. The van der Waals surface area contributed by atoms with Crippen molar-refractivity contribution >= 4 is 40.6 Å². The summed E-state index contributed by atoms with van der Waals surface area (Å²) < 4.78 is 0. The Morgan fingerprint density at radius 3 is 2.75 bits per heavy atom. The minimum Gasteiger partial charge on any atom is -0.398 e. The zero-order chi connectivity index (χ0) is 14.5. The molecule has 1 amide bonds. The molecule has 0 heterocycles. The van der Waals surface area contributed by atoms with E-state index in [1.165, 1.54) is 0 Å². The molecule has 2 aromatic carbocycles. The van der Waals surface area contributed by atoms with Crippen molar-refractivity contribution < 1.29 is 4.79 Å². The highest BCUT2D eigenvalue weighted by atomic mass is 35.5. The minimum atomic E-state index is -0.233. The number of halogens is 1. The molecule has 2 aromatic rings. The molecule has 0 radical (unpaired) electrons. The Morgan fingerprint density at radius 2 is 2.05 bits per heavy atom. The molecule has 0 saturated heterocycles. The average molecular weight is 307 g/mol. The molecule has 0 aliphatic rings. The van der Waals surface area contributed by atoms with Gasteiger partial charge in [0.25, 0.3) is 5.91 Å². The van der Waals surface area contributed by atoms with Gasteiger partial charge in [0.05, 0.1) is 11.3 Å². The van der Waals surface area contributed by atoms with Crippen molar-refractivity contribution in [1.29, 1.82) is 0 Å². The summed E-state index contributed by atoms with van der Waals surface area (Å²) in [5, 5.41) is 3.40. The van der Waals surface area contributed by atoms with Gasteiger partial charge in [-0.3, -0.25) is 4.79 Å². The van der Waals surface area contributed by atoms with Crippen molar-refractivity contribution in [3.05, 3.63) is 53.1 Å². The number of amides is 1. The summed E-state index contributed by atoms with van der Waals surface area (Å²) in [5.74, 6) is 0.707. The predicted molar refractivity (Wildman–Crippen MR) is 86.7 cm³/mol. The zero-order valence-corrected chi connectivity index (χ0v) is 12.6. The Labute approximate surface area is 127 Å². The Morgan fingerprint density at radius 1 is 1.30 bits per heavy atom. The molecule has 104 valence electrons. The first-order valence-electron chi connectivity index (χ1n) is 6.20. The standard InChI is InChI=1S/C15H15ClN2OS/c1-2-20-14-6-4-3-5-13(14)18-15(19)11-8-7-10(16)9-12(11)17/h3-9H,2,17H2,1H3,(H,18,19). The number of nitrogens with one attached hydrogen (secondary N) is 1. The van der Waals surface area contributed by atoms with E-state index in [1.807, 2.05) is 24.3 Å². The average Bonchev–Trinajstić information content (AvgIpc) is 2.41. The molecule has 20 heavy (non-hydrogen) atoms. The zero-order valence-electron chi connectivity index (χ0n) is 11.0. The normalized spacial score (nSPS) is 10.3. The van der Waals surface area contributed by atoms with Gasteiger partial charge in [-0.2, -0.15) is 0 Å². The second-order valence-corrected chi connectivity index (χ2v) is 5.86. The second-order valence-electron chi connectivity index (χ2n) is 4.11. The van der Waals surface area contributed by atoms with Crippen LogP contribution >= 0.6 is 23.4 Å². The van der Waals surface area contributed by atoms with Crippen molar-refractivity contribution in [3.63, 3.8) is 0 Å². The molecule has 0 fully saturated rings. The summed E-state index contributed by atoms with van der Waals surface area (Å²) in [7, 11) is 0. The van der Waals surface area contributed by atoms with Crippen LogP contribution in [0.2, 0.25) is 5.02 Å².